The Morgan fingerprint density at radius 3 is 2.47 bits per heavy atom. The van der Waals surface area contributed by atoms with Crippen LogP contribution in [-0.4, -0.2) is 75.3 Å². The summed E-state index contributed by atoms with van der Waals surface area (Å²) < 4.78 is 48.0. The summed E-state index contributed by atoms with van der Waals surface area (Å²) in [6.07, 6.45) is 5.05. The summed E-state index contributed by atoms with van der Waals surface area (Å²) in [6, 6.07) is 9.62. The molecule has 1 saturated carbocycles. The van der Waals surface area contributed by atoms with Crippen molar-refractivity contribution < 1.29 is 42.1 Å². The molecule has 0 unspecified atom stereocenters. The number of morpholine rings is 1. The molecule has 0 N–H and O–H groups in total. The number of esters is 1. The van der Waals surface area contributed by atoms with Gasteiger partial charge in [0.15, 0.2) is 11.5 Å². The molecule has 2 fully saturated rings. The minimum Gasteiger partial charge on any atom is -0.489 e. The lowest BCUT2D eigenvalue weighted by molar-refractivity contribution is -0.143. The molecule has 3 heterocycles. The zero-order chi connectivity index (χ0) is 33.1. The van der Waals surface area contributed by atoms with Crippen LogP contribution in [0.5, 0.6) is 11.5 Å². The fraction of sp³-hybridized carbons (Fsp3) is 0.394. The fourth-order valence-corrected chi connectivity index (χ4v) is 6.07. The van der Waals surface area contributed by atoms with E-state index in [4.69, 9.17) is 37.4 Å². The van der Waals surface area contributed by atoms with Gasteiger partial charge in [-0.15, -0.1) is 0 Å². The molecule has 1 atom stereocenters. The normalized spacial score (nSPS) is 16.8. The van der Waals surface area contributed by atoms with Gasteiger partial charge in [0.2, 0.25) is 0 Å². The van der Waals surface area contributed by atoms with Crippen LogP contribution in [0.1, 0.15) is 40.2 Å². The second-order valence-electron chi connectivity index (χ2n) is 11.5. The van der Waals surface area contributed by atoms with Crippen LogP contribution in [0.2, 0.25) is 10.0 Å². The largest absolute Gasteiger partial charge is 0.489 e. The van der Waals surface area contributed by atoms with Crippen molar-refractivity contribution in [2.24, 2.45) is 5.92 Å². The van der Waals surface area contributed by atoms with Gasteiger partial charge in [-0.05, 0) is 66.6 Å². The number of halogens is 4. The van der Waals surface area contributed by atoms with Gasteiger partial charge in [0.05, 0.1) is 47.7 Å². The number of pyridine rings is 1. The summed E-state index contributed by atoms with van der Waals surface area (Å²) >= 11 is 12.8. The van der Waals surface area contributed by atoms with Crippen LogP contribution >= 0.6 is 23.2 Å². The average Bonchev–Trinajstić information content (AvgIpc) is 3.87. The smallest absolute Gasteiger partial charge is 0.387 e. The number of rotatable bonds is 13. The molecule has 2 aromatic carbocycles. The zero-order valence-electron chi connectivity index (χ0n) is 25.1. The van der Waals surface area contributed by atoms with Gasteiger partial charge in [0.1, 0.15) is 6.54 Å². The molecule has 10 nitrogen and oxygen atoms in total. The van der Waals surface area contributed by atoms with E-state index in [1.165, 1.54) is 18.5 Å². The Morgan fingerprint density at radius 1 is 1.02 bits per heavy atom. The molecule has 0 radical (unpaired) electrons. The highest BCUT2D eigenvalue weighted by Crippen LogP contribution is 2.38. The standard InChI is InChI=1S/C33H31Cl2F2N3O7/c34-25-14-38-15-26(35)24(25)11-21(20-3-6-28(47-33(36)37)29(12-20)45-17-19-1-2-19)18-46-30(41)16-40-27-13-22(39-7-9-44-10-8-39)4-5-23(27)31(42)32(40)43/h3-6,12-15,19,21,33H,1-2,7-11,16-18H2/t21-/m1/s1. The third kappa shape index (κ3) is 7.77. The molecule has 3 aliphatic rings. The number of nitrogens with zero attached hydrogens (tertiary/aromatic N) is 3. The lowest BCUT2D eigenvalue weighted by atomic mass is 9.92. The molecule has 2 aliphatic heterocycles. The van der Waals surface area contributed by atoms with Gasteiger partial charge in [-0.3, -0.25) is 24.3 Å². The first kappa shape index (κ1) is 32.9. The highest BCUT2D eigenvalue weighted by Gasteiger charge is 2.38. The minimum absolute atomic E-state index is 0.118. The Bertz CT molecular complexity index is 1650. The SMILES string of the molecule is O=C(CN1C(=O)C(=O)c2ccc(N3CCOCC3)cc21)OC[C@@H](Cc1c(Cl)cncc1Cl)c1ccc(OC(F)F)c(OCC2CC2)c1. The molecule has 0 bridgehead atoms. The van der Waals surface area contributed by atoms with Gasteiger partial charge < -0.3 is 23.8 Å². The second kappa shape index (κ2) is 14.4. The van der Waals surface area contributed by atoms with E-state index < -0.39 is 36.7 Å². The predicted molar refractivity (Wildman–Crippen MR) is 169 cm³/mol. The van der Waals surface area contributed by atoms with Crippen LogP contribution in [0.4, 0.5) is 20.2 Å². The fourth-order valence-electron chi connectivity index (χ4n) is 5.56. The molecule has 6 rings (SSSR count). The van der Waals surface area contributed by atoms with E-state index in [1.807, 2.05) is 0 Å². The summed E-state index contributed by atoms with van der Waals surface area (Å²) in [6.45, 7) is -0.980. The van der Waals surface area contributed by atoms with Gasteiger partial charge in [-0.2, -0.15) is 8.78 Å². The molecular formula is C33H31Cl2F2N3O7. The number of ketones is 1. The molecule has 47 heavy (non-hydrogen) atoms. The predicted octanol–water partition coefficient (Wildman–Crippen LogP) is 5.71. The van der Waals surface area contributed by atoms with Gasteiger partial charge in [-0.25, -0.2) is 0 Å². The first-order chi connectivity index (χ1) is 22.7. The number of ether oxygens (including phenoxy) is 4. The summed E-state index contributed by atoms with van der Waals surface area (Å²) in [7, 11) is 0. The van der Waals surface area contributed by atoms with Crippen molar-refractivity contribution in [3.8, 4) is 11.5 Å². The van der Waals surface area contributed by atoms with Crippen molar-refractivity contribution >= 4 is 52.2 Å². The zero-order valence-corrected chi connectivity index (χ0v) is 26.6. The summed E-state index contributed by atoms with van der Waals surface area (Å²) in [5.41, 5.74) is 2.48. The Morgan fingerprint density at radius 2 is 1.77 bits per heavy atom. The third-order valence-electron chi connectivity index (χ3n) is 8.29. The van der Waals surface area contributed by atoms with Crippen LogP contribution in [-0.2, 0) is 25.5 Å². The number of Topliss-reactive ketones (excluding diaryl/α,β-unsaturated/α-hetero) is 1. The number of benzene rings is 2. The van der Waals surface area contributed by atoms with E-state index in [9.17, 15) is 23.2 Å². The van der Waals surface area contributed by atoms with Crippen molar-refractivity contribution in [1.82, 2.24) is 4.98 Å². The van der Waals surface area contributed by atoms with Gasteiger partial charge in [0, 0.05) is 37.1 Å². The van der Waals surface area contributed by atoms with Crippen molar-refractivity contribution in [2.45, 2.75) is 31.8 Å². The third-order valence-corrected chi connectivity index (χ3v) is 8.95. The first-order valence-electron chi connectivity index (χ1n) is 15.2. The van der Waals surface area contributed by atoms with Gasteiger partial charge in [-0.1, -0.05) is 29.3 Å². The topological polar surface area (TPSA) is 108 Å². The molecular weight excluding hydrogens is 659 g/mol. The number of carbonyl (C=O) groups excluding carboxylic acids is 3. The van der Waals surface area contributed by atoms with Crippen LogP contribution in [0, 0.1) is 5.92 Å². The number of anilines is 2. The van der Waals surface area contributed by atoms with Crippen molar-refractivity contribution in [3.63, 3.8) is 0 Å². The van der Waals surface area contributed by atoms with Crippen molar-refractivity contribution in [1.29, 1.82) is 0 Å². The summed E-state index contributed by atoms with van der Waals surface area (Å²) in [4.78, 5) is 46.1. The average molecular weight is 691 g/mol. The Labute approximate surface area is 279 Å². The quantitative estimate of drug-likeness (QED) is 0.165. The van der Waals surface area contributed by atoms with Crippen molar-refractivity contribution in [2.75, 3.05) is 55.9 Å². The van der Waals surface area contributed by atoms with E-state index in [0.29, 0.717) is 65.7 Å². The van der Waals surface area contributed by atoms with E-state index in [0.717, 1.165) is 23.4 Å². The Kier molecular flexibility index (Phi) is 10.1. The van der Waals surface area contributed by atoms with E-state index >= 15 is 0 Å². The number of aromatic nitrogens is 1. The van der Waals surface area contributed by atoms with Crippen LogP contribution in [0.25, 0.3) is 0 Å². The molecule has 1 saturated heterocycles. The van der Waals surface area contributed by atoms with Crippen LogP contribution < -0.4 is 19.3 Å². The monoisotopic (exact) mass is 689 g/mol. The van der Waals surface area contributed by atoms with Gasteiger partial charge >= 0.3 is 12.6 Å². The number of hydrogen-bond acceptors (Lipinski definition) is 9. The van der Waals surface area contributed by atoms with Crippen LogP contribution in [0.3, 0.4) is 0 Å². The maximum Gasteiger partial charge on any atom is 0.387 e. The second-order valence-corrected chi connectivity index (χ2v) is 12.3. The first-order valence-corrected chi connectivity index (χ1v) is 15.9. The maximum absolute atomic E-state index is 13.3. The summed E-state index contributed by atoms with van der Waals surface area (Å²) in [5.74, 6) is -2.49. The maximum atomic E-state index is 13.3. The molecule has 1 amide bonds. The Hall–Kier alpha value is -4.00. The summed E-state index contributed by atoms with van der Waals surface area (Å²) in [5, 5.41) is 0.594. The highest BCUT2D eigenvalue weighted by atomic mass is 35.5. The molecule has 1 aromatic heterocycles. The lowest BCUT2D eigenvalue weighted by Gasteiger charge is -2.29. The van der Waals surface area contributed by atoms with E-state index in [-0.39, 0.29) is 30.1 Å². The highest BCUT2D eigenvalue weighted by molar-refractivity contribution is 6.52. The number of amides is 1. The Balaban J connectivity index is 1.22. The molecule has 14 heteroatoms. The molecule has 248 valence electrons. The molecule has 3 aromatic rings. The van der Waals surface area contributed by atoms with Crippen LogP contribution in [0.15, 0.2) is 48.8 Å². The van der Waals surface area contributed by atoms with E-state index in [1.54, 1.807) is 30.3 Å². The number of fused-ring (bicyclic) bond motifs is 1. The minimum atomic E-state index is -3.05. The number of carbonyl (C=O) groups is 3. The molecule has 0 spiro atoms. The lowest BCUT2D eigenvalue weighted by Crippen LogP contribution is -2.37. The van der Waals surface area contributed by atoms with Crippen molar-refractivity contribution in [3.05, 3.63) is 75.5 Å². The van der Waals surface area contributed by atoms with Gasteiger partial charge in [0.25, 0.3) is 11.7 Å². The number of alkyl halides is 2. The van der Waals surface area contributed by atoms with E-state index in [2.05, 4.69) is 14.6 Å². The number of hydrogen-bond donors (Lipinski definition) is 0. The molecule has 1 aliphatic carbocycles.